The summed E-state index contributed by atoms with van der Waals surface area (Å²) < 4.78 is 1.83. The summed E-state index contributed by atoms with van der Waals surface area (Å²) in [6, 6.07) is 4.38. The number of hydrogen-bond acceptors (Lipinski definition) is 3. The molecule has 1 saturated carbocycles. The summed E-state index contributed by atoms with van der Waals surface area (Å²) in [6.07, 6.45) is 7.14. The van der Waals surface area contributed by atoms with Crippen LogP contribution < -0.4 is 5.69 Å². The summed E-state index contributed by atoms with van der Waals surface area (Å²) in [7, 11) is 0. The quantitative estimate of drug-likeness (QED) is 0.717. The van der Waals surface area contributed by atoms with E-state index in [-0.39, 0.29) is 17.6 Å². The standard InChI is InChI=1S/C15H15N5O/c16-7-9-2-1-3-10(6-9)20-13-11-4-5-17-14(11)18-8-12(13)19-15(20)21/h4-5,8-10H,1-3,6H2,(H,17,18)(H,19,21)/t9-,10-/m1/s1. The number of pyridine rings is 1. The van der Waals surface area contributed by atoms with Crippen molar-refractivity contribution in [3.8, 4) is 6.07 Å². The van der Waals surface area contributed by atoms with E-state index in [1.54, 1.807) is 6.20 Å². The average Bonchev–Trinajstić information content (AvgIpc) is 3.09. The molecule has 0 aliphatic heterocycles. The van der Waals surface area contributed by atoms with E-state index in [0.717, 1.165) is 47.8 Å². The Labute approximate surface area is 120 Å². The molecule has 21 heavy (non-hydrogen) atoms. The molecule has 1 fully saturated rings. The highest BCUT2D eigenvalue weighted by atomic mass is 16.1. The Bertz CT molecular complexity index is 910. The van der Waals surface area contributed by atoms with Crippen LogP contribution in [0.25, 0.3) is 22.1 Å². The zero-order chi connectivity index (χ0) is 14.4. The molecule has 0 amide bonds. The van der Waals surface area contributed by atoms with Gasteiger partial charge in [-0.2, -0.15) is 5.26 Å². The third kappa shape index (κ3) is 1.77. The van der Waals surface area contributed by atoms with E-state index in [0.29, 0.717) is 0 Å². The van der Waals surface area contributed by atoms with Crippen LogP contribution in [0.3, 0.4) is 0 Å². The number of aromatic amines is 2. The minimum atomic E-state index is -0.107. The van der Waals surface area contributed by atoms with Gasteiger partial charge in [-0.05, 0) is 25.3 Å². The topological polar surface area (TPSA) is 90.3 Å². The van der Waals surface area contributed by atoms with Crippen LogP contribution in [-0.2, 0) is 0 Å². The lowest BCUT2D eigenvalue weighted by molar-refractivity contribution is 0.308. The fourth-order valence-electron chi connectivity index (χ4n) is 3.49. The van der Waals surface area contributed by atoms with Crippen LogP contribution in [0.1, 0.15) is 31.7 Å². The second-order valence-corrected chi connectivity index (χ2v) is 5.71. The first-order valence-electron chi connectivity index (χ1n) is 7.24. The number of nitrogens with one attached hydrogen (secondary N) is 2. The van der Waals surface area contributed by atoms with Crippen LogP contribution in [-0.4, -0.2) is 19.5 Å². The summed E-state index contributed by atoms with van der Waals surface area (Å²) in [4.78, 5) is 22.7. The first kappa shape index (κ1) is 12.2. The summed E-state index contributed by atoms with van der Waals surface area (Å²) >= 11 is 0. The van der Waals surface area contributed by atoms with Crippen molar-refractivity contribution in [1.82, 2.24) is 19.5 Å². The molecule has 0 radical (unpaired) electrons. The van der Waals surface area contributed by atoms with Gasteiger partial charge in [-0.25, -0.2) is 9.78 Å². The van der Waals surface area contributed by atoms with Crippen LogP contribution >= 0.6 is 0 Å². The Balaban J connectivity index is 1.95. The lowest BCUT2D eigenvalue weighted by Gasteiger charge is -2.26. The molecule has 0 bridgehead atoms. The molecule has 2 atom stereocenters. The van der Waals surface area contributed by atoms with Gasteiger partial charge in [0.1, 0.15) is 5.65 Å². The molecule has 1 aliphatic rings. The highest BCUT2D eigenvalue weighted by molar-refractivity contribution is 6.00. The van der Waals surface area contributed by atoms with Crippen LogP contribution in [0.5, 0.6) is 0 Å². The van der Waals surface area contributed by atoms with Gasteiger partial charge < -0.3 is 9.97 Å². The van der Waals surface area contributed by atoms with Gasteiger partial charge >= 0.3 is 5.69 Å². The molecule has 3 heterocycles. The molecular formula is C15H15N5O. The van der Waals surface area contributed by atoms with Gasteiger partial charge in [-0.3, -0.25) is 4.57 Å². The molecule has 0 saturated heterocycles. The van der Waals surface area contributed by atoms with Crippen LogP contribution in [0, 0.1) is 17.2 Å². The number of imidazole rings is 1. The zero-order valence-electron chi connectivity index (χ0n) is 11.5. The van der Waals surface area contributed by atoms with Crippen molar-refractivity contribution in [3.63, 3.8) is 0 Å². The van der Waals surface area contributed by atoms with Gasteiger partial charge in [0.15, 0.2) is 0 Å². The lowest BCUT2D eigenvalue weighted by atomic mass is 9.86. The van der Waals surface area contributed by atoms with Crippen molar-refractivity contribution >= 4 is 22.1 Å². The van der Waals surface area contributed by atoms with E-state index in [9.17, 15) is 4.79 Å². The first-order chi connectivity index (χ1) is 10.3. The lowest BCUT2D eigenvalue weighted by Crippen LogP contribution is -2.26. The Kier molecular flexibility index (Phi) is 2.61. The molecule has 6 heteroatoms. The zero-order valence-corrected chi connectivity index (χ0v) is 11.5. The Morgan fingerprint density at radius 3 is 3.19 bits per heavy atom. The van der Waals surface area contributed by atoms with E-state index < -0.39 is 0 Å². The summed E-state index contributed by atoms with van der Waals surface area (Å²) in [6.45, 7) is 0. The number of hydrogen-bond donors (Lipinski definition) is 2. The van der Waals surface area contributed by atoms with Gasteiger partial charge in [-0.15, -0.1) is 0 Å². The Hall–Kier alpha value is -2.55. The molecule has 4 rings (SSSR count). The molecule has 3 aromatic rings. The summed E-state index contributed by atoms with van der Waals surface area (Å²) in [5.41, 5.74) is 2.33. The third-order valence-electron chi connectivity index (χ3n) is 4.45. The van der Waals surface area contributed by atoms with Crippen molar-refractivity contribution in [3.05, 3.63) is 28.9 Å². The van der Waals surface area contributed by atoms with E-state index in [1.807, 2.05) is 16.8 Å². The maximum absolute atomic E-state index is 12.4. The summed E-state index contributed by atoms with van der Waals surface area (Å²) in [5, 5.41) is 10.1. The van der Waals surface area contributed by atoms with E-state index >= 15 is 0 Å². The minimum Gasteiger partial charge on any atom is -0.346 e. The van der Waals surface area contributed by atoms with Crippen molar-refractivity contribution in [1.29, 1.82) is 5.26 Å². The maximum Gasteiger partial charge on any atom is 0.326 e. The predicted molar refractivity (Wildman–Crippen MR) is 78.8 cm³/mol. The Morgan fingerprint density at radius 1 is 1.43 bits per heavy atom. The van der Waals surface area contributed by atoms with Crippen LogP contribution in [0.4, 0.5) is 0 Å². The van der Waals surface area contributed by atoms with Gasteiger partial charge in [0.05, 0.1) is 23.3 Å². The number of rotatable bonds is 1. The fraction of sp³-hybridized carbons (Fsp3) is 0.400. The molecule has 0 spiro atoms. The minimum absolute atomic E-state index is 0.0455. The largest absolute Gasteiger partial charge is 0.346 e. The number of fused-ring (bicyclic) bond motifs is 3. The normalized spacial score (nSPS) is 22.6. The van der Waals surface area contributed by atoms with Crippen LogP contribution in [0.15, 0.2) is 23.3 Å². The molecule has 1 aliphatic carbocycles. The molecule has 106 valence electrons. The fourth-order valence-corrected chi connectivity index (χ4v) is 3.49. The predicted octanol–water partition coefficient (Wildman–Crippen LogP) is 2.46. The van der Waals surface area contributed by atoms with Gasteiger partial charge in [0.2, 0.25) is 0 Å². The molecule has 3 aromatic heterocycles. The molecule has 2 N–H and O–H groups in total. The average molecular weight is 281 g/mol. The van der Waals surface area contributed by atoms with E-state index in [4.69, 9.17) is 5.26 Å². The van der Waals surface area contributed by atoms with Gasteiger partial charge in [-0.1, -0.05) is 6.42 Å². The van der Waals surface area contributed by atoms with Crippen molar-refractivity contribution in [2.75, 3.05) is 0 Å². The van der Waals surface area contributed by atoms with Crippen molar-refractivity contribution in [2.45, 2.75) is 31.7 Å². The highest BCUT2D eigenvalue weighted by Crippen LogP contribution is 2.34. The molecule has 6 nitrogen and oxygen atoms in total. The smallest absolute Gasteiger partial charge is 0.326 e. The highest BCUT2D eigenvalue weighted by Gasteiger charge is 2.26. The van der Waals surface area contributed by atoms with E-state index in [1.165, 1.54) is 0 Å². The Morgan fingerprint density at radius 2 is 2.33 bits per heavy atom. The number of aromatic nitrogens is 4. The van der Waals surface area contributed by atoms with Crippen molar-refractivity contribution in [2.24, 2.45) is 5.92 Å². The molecular weight excluding hydrogens is 266 g/mol. The van der Waals surface area contributed by atoms with Crippen molar-refractivity contribution < 1.29 is 0 Å². The van der Waals surface area contributed by atoms with Crippen LogP contribution in [0.2, 0.25) is 0 Å². The number of nitriles is 1. The molecule has 0 aromatic carbocycles. The second-order valence-electron chi connectivity index (χ2n) is 5.71. The maximum atomic E-state index is 12.4. The number of nitrogens with zero attached hydrogens (tertiary/aromatic N) is 3. The second kappa shape index (κ2) is 4.48. The van der Waals surface area contributed by atoms with Gasteiger partial charge in [0, 0.05) is 23.5 Å². The first-order valence-corrected chi connectivity index (χ1v) is 7.24. The number of H-pyrrole nitrogens is 2. The third-order valence-corrected chi connectivity index (χ3v) is 4.45. The molecule has 0 unspecified atom stereocenters. The summed E-state index contributed by atoms with van der Waals surface area (Å²) in [5.74, 6) is 0.0455. The van der Waals surface area contributed by atoms with E-state index in [2.05, 4.69) is 21.0 Å². The van der Waals surface area contributed by atoms with Gasteiger partial charge in [0.25, 0.3) is 0 Å². The monoisotopic (exact) mass is 281 g/mol. The SMILES string of the molecule is N#C[C@@H]1CCC[C@@H](n2c(=O)[nH]c3cnc4[nH]ccc4c32)C1.